The van der Waals surface area contributed by atoms with Gasteiger partial charge in [-0.1, -0.05) is 25.1 Å². The molecule has 2 aromatic carbocycles. The highest BCUT2D eigenvalue weighted by Crippen LogP contribution is 2.20. The number of hydrogen-bond donors (Lipinski definition) is 2. The average Bonchev–Trinajstić information content (AvgIpc) is 3.07. The number of carboxylic acids is 1. The van der Waals surface area contributed by atoms with E-state index in [2.05, 4.69) is 14.8 Å². The topological polar surface area (TPSA) is 136 Å². The first kappa shape index (κ1) is 24.0. The highest BCUT2D eigenvalue weighted by Gasteiger charge is 2.14. The predicted molar refractivity (Wildman–Crippen MR) is 126 cm³/mol. The summed E-state index contributed by atoms with van der Waals surface area (Å²) in [6.07, 6.45) is 3.83. The molecule has 0 bridgehead atoms. The fraction of sp³-hybridized carbons (Fsp3) is 0.261. The van der Waals surface area contributed by atoms with Crippen LogP contribution >= 0.6 is 0 Å². The third kappa shape index (κ3) is 6.42. The van der Waals surface area contributed by atoms with Crippen molar-refractivity contribution < 1.29 is 18.3 Å². The van der Waals surface area contributed by atoms with Crippen molar-refractivity contribution in [1.82, 2.24) is 9.78 Å². The molecule has 1 heterocycles. The van der Waals surface area contributed by atoms with E-state index in [0.717, 1.165) is 23.9 Å². The smallest absolute Gasteiger partial charge is 0.280 e. The number of aromatic nitrogens is 2. The van der Waals surface area contributed by atoms with Gasteiger partial charge in [0.2, 0.25) is 10.0 Å². The molecule has 0 fully saturated rings. The fourth-order valence-corrected chi connectivity index (χ4v) is 3.94. The number of carbonyl (C=O) groups is 1. The normalized spacial score (nSPS) is 11.7. The number of nitrogens with zero attached hydrogens (tertiary/aromatic N) is 2. The molecule has 0 unspecified atom stereocenters. The molecule has 3 aromatic rings. The van der Waals surface area contributed by atoms with Crippen molar-refractivity contribution in [3.63, 3.8) is 0 Å². The Balaban J connectivity index is 1.98. The van der Waals surface area contributed by atoms with Crippen LogP contribution in [0.25, 0.3) is 5.69 Å². The van der Waals surface area contributed by atoms with E-state index >= 15 is 0 Å². The van der Waals surface area contributed by atoms with Gasteiger partial charge in [0.05, 0.1) is 23.2 Å². The summed E-state index contributed by atoms with van der Waals surface area (Å²) in [7, 11) is -3.42. The Morgan fingerprint density at radius 3 is 2.52 bits per heavy atom. The molecule has 0 amide bonds. The maximum absolute atomic E-state index is 13.2. The van der Waals surface area contributed by atoms with Gasteiger partial charge in [-0.2, -0.15) is 0 Å². The number of para-hydroxylation sites is 1. The van der Waals surface area contributed by atoms with Crippen LogP contribution in [0, 0.1) is 0 Å². The third-order valence-electron chi connectivity index (χ3n) is 4.95. The van der Waals surface area contributed by atoms with Crippen molar-refractivity contribution in [3.05, 3.63) is 75.7 Å². The molecule has 9 nitrogen and oxygen atoms in total. The minimum atomic E-state index is -3.42. The van der Waals surface area contributed by atoms with E-state index in [0.29, 0.717) is 35.5 Å². The lowest BCUT2D eigenvalue weighted by molar-refractivity contribution is -0.305. The van der Waals surface area contributed by atoms with Gasteiger partial charge in [0.1, 0.15) is 0 Å². The number of anilines is 1. The van der Waals surface area contributed by atoms with Gasteiger partial charge < -0.3 is 9.90 Å². The van der Waals surface area contributed by atoms with Gasteiger partial charge in [0, 0.05) is 23.6 Å². The number of aliphatic carboxylic acids is 1. The van der Waals surface area contributed by atoms with Crippen LogP contribution in [-0.2, 0) is 27.7 Å². The molecular formula is C23H25N4O5S-. The summed E-state index contributed by atoms with van der Waals surface area (Å²) in [4.78, 5) is 28.5. The number of carbonyl (C=O) groups excluding carboxylic acids is 1. The molecule has 174 valence electrons. The number of hydrogen-bond acceptors (Lipinski definition) is 6. The molecule has 0 spiro atoms. The molecule has 1 aromatic heterocycles. The average molecular weight is 470 g/mol. The first-order valence-electron chi connectivity index (χ1n) is 10.4. The van der Waals surface area contributed by atoms with Crippen molar-refractivity contribution in [3.8, 4) is 5.69 Å². The van der Waals surface area contributed by atoms with Crippen LogP contribution in [0.4, 0.5) is 11.4 Å². The summed E-state index contributed by atoms with van der Waals surface area (Å²) in [6, 6.07) is 13.9. The number of aliphatic imine (C=N–C) groups is 1. The van der Waals surface area contributed by atoms with Gasteiger partial charge in [-0.05, 0) is 61.6 Å². The summed E-state index contributed by atoms with van der Waals surface area (Å²) in [5, 5.41) is 13.9. The molecule has 0 saturated carbocycles. The molecule has 0 radical (unpaired) electrons. The van der Waals surface area contributed by atoms with Gasteiger partial charge in [-0.3, -0.25) is 19.6 Å². The minimum Gasteiger partial charge on any atom is -0.550 e. The summed E-state index contributed by atoms with van der Waals surface area (Å²) >= 11 is 0. The Morgan fingerprint density at radius 2 is 1.88 bits per heavy atom. The van der Waals surface area contributed by atoms with Crippen LogP contribution < -0.4 is 15.4 Å². The number of rotatable bonds is 10. The van der Waals surface area contributed by atoms with Gasteiger partial charge in [0.15, 0.2) is 0 Å². The summed E-state index contributed by atoms with van der Waals surface area (Å²) < 4.78 is 26.5. The molecule has 33 heavy (non-hydrogen) atoms. The zero-order valence-electron chi connectivity index (χ0n) is 18.4. The van der Waals surface area contributed by atoms with Crippen LogP contribution in [0.2, 0.25) is 0 Å². The van der Waals surface area contributed by atoms with Crippen molar-refractivity contribution >= 4 is 33.6 Å². The van der Waals surface area contributed by atoms with E-state index < -0.39 is 16.0 Å². The Kier molecular flexibility index (Phi) is 7.49. The number of aromatic amines is 1. The number of carboxylic acid groups (broad SMARTS) is 1. The number of aryl methyl sites for hydroxylation is 2. The van der Waals surface area contributed by atoms with E-state index in [1.807, 2.05) is 31.2 Å². The van der Waals surface area contributed by atoms with Crippen LogP contribution in [0.15, 0.2) is 58.3 Å². The number of H-pyrrole nitrogens is 1. The monoisotopic (exact) mass is 469 g/mol. The standard InChI is InChI=1S/C23H26N4O5S/c1-3-16-7-4-5-8-20(16)24-15-19-21(9-6-10-22(28)29)25-27(23(19)30)18-13-11-17(12-14-18)26-33(2,31)32/h4-5,7-8,11-15,25-26H,3,6,9-10H2,1-2H3,(H,28,29)/p-1. The van der Waals surface area contributed by atoms with E-state index in [1.165, 1.54) is 10.9 Å². The van der Waals surface area contributed by atoms with E-state index in [4.69, 9.17) is 0 Å². The van der Waals surface area contributed by atoms with Gasteiger partial charge in [-0.25, -0.2) is 13.1 Å². The fourth-order valence-electron chi connectivity index (χ4n) is 3.37. The first-order valence-corrected chi connectivity index (χ1v) is 12.3. The second kappa shape index (κ2) is 10.3. The molecule has 10 heteroatoms. The SMILES string of the molecule is CCc1ccccc1N=Cc1c(CCCC(=O)[O-])[nH]n(-c2ccc(NS(C)(=O)=O)cc2)c1=O. The molecule has 0 aliphatic heterocycles. The molecule has 0 aliphatic carbocycles. The molecule has 0 saturated heterocycles. The van der Waals surface area contributed by atoms with Crippen LogP contribution in [-0.4, -0.2) is 36.6 Å². The Morgan fingerprint density at radius 1 is 1.18 bits per heavy atom. The predicted octanol–water partition coefficient (Wildman–Crippen LogP) is 1.92. The van der Waals surface area contributed by atoms with Gasteiger partial charge in [-0.15, -0.1) is 0 Å². The lowest BCUT2D eigenvalue weighted by atomic mass is 10.1. The van der Waals surface area contributed by atoms with E-state index in [-0.39, 0.29) is 12.0 Å². The highest BCUT2D eigenvalue weighted by atomic mass is 32.2. The Labute approximate surface area is 191 Å². The molecule has 0 atom stereocenters. The van der Waals surface area contributed by atoms with Crippen molar-refractivity contribution in [1.29, 1.82) is 0 Å². The van der Waals surface area contributed by atoms with E-state index in [1.54, 1.807) is 24.3 Å². The highest BCUT2D eigenvalue weighted by molar-refractivity contribution is 7.92. The maximum Gasteiger partial charge on any atom is 0.280 e. The second-order valence-electron chi connectivity index (χ2n) is 7.53. The Hall–Kier alpha value is -3.66. The van der Waals surface area contributed by atoms with Gasteiger partial charge >= 0.3 is 0 Å². The largest absolute Gasteiger partial charge is 0.550 e. The zero-order chi connectivity index (χ0) is 24.0. The lowest BCUT2D eigenvalue weighted by Crippen LogP contribution is -2.21. The zero-order valence-corrected chi connectivity index (χ0v) is 19.2. The van der Waals surface area contributed by atoms with Crippen molar-refractivity contribution in [2.45, 2.75) is 32.6 Å². The first-order chi connectivity index (χ1) is 15.7. The van der Waals surface area contributed by atoms with E-state index in [9.17, 15) is 23.1 Å². The summed E-state index contributed by atoms with van der Waals surface area (Å²) in [5.41, 5.74) is 3.19. The van der Waals surface area contributed by atoms with Crippen LogP contribution in [0.1, 0.15) is 36.6 Å². The van der Waals surface area contributed by atoms with Crippen molar-refractivity contribution in [2.24, 2.45) is 4.99 Å². The van der Waals surface area contributed by atoms with Crippen LogP contribution in [0.3, 0.4) is 0 Å². The van der Waals surface area contributed by atoms with Gasteiger partial charge in [0.25, 0.3) is 5.56 Å². The quantitative estimate of drug-likeness (QED) is 0.437. The number of sulfonamides is 1. The molecule has 3 rings (SSSR count). The second-order valence-corrected chi connectivity index (χ2v) is 9.28. The summed E-state index contributed by atoms with van der Waals surface area (Å²) in [6.45, 7) is 2.02. The minimum absolute atomic E-state index is 0.131. The number of nitrogens with one attached hydrogen (secondary N) is 2. The van der Waals surface area contributed by atoms with Crippen LogP contribution in [0.5, 0.6) is 0 Å². The Bertz CT molecular complexity index is 1320. The molecular weight excluding hydrogens is 444 g/mol. The molecule has 0 aliphatic rings. The molecule has 2 N–H and O–H groups in total. The number of benzene rings is 2. The lowest BCUT2D eigenvalue weighted by Gasteiger charge is -2.06. The summed E-state index contributed by atoms with van der Waals surface area (Å²) in [5.74, 6) is -1.15. The van der Waals surface area contributed by atoms with Crippen molar-refractivity contribution in [2.75, 3.05) is 11.0 Å². The maximum atomic E-state index is 13.2. The third-order valence-corrected chi connectivity index (χ3v) is 5.55.